The normalized spacial score (nSPS) is 14.6. The average molecular weight is 236 g/mol. The van der Waals surface area contributed by atoms with E-state index in [0.29, 0.717) is 13.2 Å². The summed E-state index contributed by atoms with van der Waals surface area (Å²) in [6.45, 7) is 1.76. The molecule has 1 aromatic heterocycles. The summed E-state index contributed by atoms with van der Waals surface area (Å²) in [5.41, 5.74) is 0.00215. The number of carbonyl (C=O) groups excluding carboxylic acids is 1. The van der Waals surface area contributed by atoms with Crippen LogP contribution in [0.4, 0.5) is 0 Å². The van der Waals surface area contributed by atoms with E-state index in [1.54, 1.807) is 12.1 Å². The third-order valence-electron chi connectivity index (χ3n) is 2.60. The highest BCUT2D eigenvalue weighted by Gasteiger charge is 2.20. The standard InChI is InChI=1S/C12H16N2O3/c15-11-3-1-2-10(14-11)12(16)13-6-7-17-8-9-4-5-9/h1-3,9H,4-8H2,(H,13,16)(H,14,15). The van der Waals surface area contributed by atoms with Crippen LogP contribution in [0.2, 0.25) is 0 Å². The van der Waals surface area contributed by atoms with E-state index in [0.717, 1.165) is 12.5 Å². The summed E-state index contributed by atoms with van der Waals surface area (Å²) in [6, 6.07) is 4.49. The van der Waals surface area contributed by atoms with Gasteiger partial charge in [-0.15, -0.1) is 0 Å². The molecule has 1 amide bonds. The molecule has 1 saturated carbocycles. The van der Waals surface area contributed by atoms with Gasteiger partial charge < -0.3 is 15.0 Å². The summed E-state index contributed by atoms with van der Waals surface area (Å²) in [5, 5.41) is 2.69. The first kappa shape index (κ1) is 11.9. The van der Waals surface area contributed by atoms with E-state index in [-0.39, 0.29) is 17.2 Å². The van der Waals surface area contributed by atoms with E-state index in [1.807, 2.05) is 0 Å². The molecule has 1 fully saturated rings. The molecular weight excluding hydrogens is 220 g/mol. The molecule has 5 heteroatoms. The number of nitrogens with one attached hydrogen (secondary N) is 2. The summed E-state index contributed by atoms with van der Waals surface area (Å²) in [7, 11) is 0. The van der Waals surface area contributed by atoms with Crippen molar-refractivity contribution in [3.05, 3.63) is 34.2 Å². The average Bonchev–Trinajstić information content (AvgIpc) is 3.12. The summed E-state index contributed by atoms with van der Waals surface area (Å²) in [6.07, 6.45) is 2.52. The zero-order valence-electron chi connectivity index (χ0n) is 9.57. The highest BCUT2D eigenvalue weighted by atomic mass is 16.5. The van der Waals surface area contributed by atoms with E-state index in [2.05, 4.69) is 10.3 Å². The third kappa shape index (κ3) is 4.03. The number of aromatic nitrogens is 1. The number of amides is 1. The Morgan fingerprint density at radius 2 is 2.29 bits per heavy atom. The van der Waals surface area contributed by atoms with Gasteiger partial charge in [0.25, 0.3) is 5.91 Å². The van der Waals surface area contributed by atoms with Crippen LogP contribution in [0.1, 0.15) is 23.3 Å². The SMILES string of the molecule is O=C(NCCOCC1CC1)c1cccc(=O)[nH]1. The molecular formula is C12H16N2O3. The first-order valence-electron chi connectivity index (χ1n) is 5.81. The molecule has 5 nitrogen and oxygen atoms in total. The largest absolute Gasteiger partial charge is 0.379 e. The van der Waals surface area contributed by atoms with E-state index in [1.165, 1.54) is 18.9 Å². The lowest BCUT2D eigenvalue weighted by Crippen LogP contribution is -2.29. The summed E-state index contributed by atoms with van der Waals surface area (Å²) >= 11 is 0. The Hall–Kier alpha value is -1.62. The zero-order valence-corrected chi connectivity index (χ0v) is 9.57. The Labute approximate surface area is 99.2 Å². The predicted molar refractivity (Wildman–Crippen MR) is 62.9 cm³/mol. The van der Waals surface area contributed by atoms with Crippen LogP contribution in [-0.2, 0) is 4.74 Å². The van der Waals surface area contributed by atoms with Crippen LogP contribution >= 0.6 is 0 Å². The molecule has 0 bridgehead atoms. The van der Waals surface area contributed by atoms with Gasteiger partial charge in [-0.1, -0.05) is 6.07 Å². The van der Waals surface area contributed by atoms with Gasteiger partial charge in [-0.3, -0.25) is 9.59 Å². The molecule has 92 valence electrons. The van der Waals surface area contributed by atoms with Crippen LogP contribution in [-0.4, -0.2) is 30.6 Å². The quantitative estimate of drug-likeness (QED) is 0.708. The molecule has 0 saturated heterocycles. The van der Waals surface area contributed by atoms with E-state index in [4.69, 9.17) is 4.74 Å². The fraction of sp³-hybridized carbons (Fsp3) is 0.500. The van der Waals surface area contributed by atoms with E-state index in [9.17, 15) is 9.59 Å². The minimum atomic E-state index is -0.280. The Morgan fingerprint density at radius 3 is 3.00 bits per heavy atom. The van der Waals surface area contributed by atoms with Gasteiger partial charge in [-0.25, -0.2) is 0 Å². The summed E-state index contributed by atoms with van der Waals surface area (Å²) < 4.78 is 5.38. The van der Waals surface area contributed by atoms with Crippen molar-refractivity contribution in [1.82, 2.24) is 10.3 Å². The highest BCUT2D eigenvalue weighted by molar-refractivity contribution is 5.92. The number of aromatic amines is 1. The maximum atomic E-state index is 11.6. The molecule has 2 N–H and O–H groups in total. The molecule has 1 aliphatic carbocycles. The Morgan fingerprint density at radius 1 is 1.47 bits per heavy atom. The van der Waals surface area contributed by atoms with E-state index >= 15 is 0 Å². The molecule has 0 aliphatic heterocycles. The van der Waals surface area contributed by atoms with Crippen molar-refractivity contribution in [3.8, 4) is 0 Å². The molecule has 1 heterocycles. The van der Waals surface area contributed by atoms with Crippen molar-refractivity contribution in [2.45, 2.75) is 12.8 Å². The zero-order chi connectivity index (χ0) is 12.1. The van der Waals surface area contributed by atoms with Crippen LogP contribution in [0.25, 0.3) is 0 Å². The van der Waals surface area contributed by atoms with Gasteiger partial charge in [0.15, 0.2) is 0 Å². The summed E-state index contributed by atoms with van der Waals surface area (Å²) in [5.74, 6) is 0.453. The number of hydrogen-bond acceptors (Lipinski definition) is 3. The number of H-pyrrole nitrogens is 1. The second-order valence-corrected chi connectivity index (χ2v) is 4.20. The van der Waals surface area contributed by atoms with E-state index < -0.39 is 0 Å². The maximum Gasteiger partial charge on any atom is 0.267 e. The van der Waals surface area contributed by atoms with Crippen LogP contribution in [0, 0.1) is 5.92 Å². The van der Waals surface area contributed by atoms with Gasteiger partial charge in [0.1, 0.15) is 5.69 Å². The van der Waals surface area contributed by atoms with Gasteiger partial charge in [0, 0.05) is 19.2 Å². The smallest absolute Gasteiger partial charge is 0.267 e. The van der Waals surface area contributed by atoms with Gasteiger partial charge in [-0.2, -0.15) is 0 Å². The number of rotatable bonds is 6. The molecule has 0 aromatic carbocycles. The van der Waals surface area contributed by atoms with Gasteiger partial charge >= 0.3 is 0 Å². The fourth-order valence-corrected chi connectivity index (χ4v) is 1.45. The predicted octanol–water partition coefficient (Wildman–Crippen LogP) is 0.531. The first-order chi connectivity index (χ1) is 8.25. The monoisotopic (exact) mass is 236 g/mol. The Balaban J connectivity index is 1.67. The molecule has 0 atom stereocenters. The molecule has 0 spiro atoms. The maximum absolute atomic E-state index is 11.6. The molecule has 17 heavy (non-hydrogen) atoms. The fourth-order valence-electron chi connectivity index (χ4n) is 1.45. The number of carbonyl (C=O) groups is 1. The topological polar surface area (TPSA) is 71.2 Å². The van der Waals surface area contributed by atoms with Crippen molar-refractivity contribution in [2.24, 2.45) is 5.92 Å². The van der Waals surface area contributed by atoms with Crippen molar-refractivity contribution in [3.63, 3.8) is 0 Å². The summed E-state index contributed by atoms with van der Waals surface area (Å²) in [4.78, 5) is 25.0. The second-order valence-electron chi connectivity index (χ2n) is 4.20. The first-order valence-corrected chi connectivity index (χ1v) is 5.81. The van der Waals surface area contributed by atoms with Crippen LogP contribution < -0.4 is 10.9 Å². The number of hydrogen-bond donors (Lipinski definition) is 2. The van der Waals surface area contributed by atoms with Crippen LogP contribution in [0.15, 0.2) is 23.0 Å². The molecule has 2 rings (SSSR count). The minimum absolute atomic E-state index is 0.275. The molecule has 1 aliphatic rings. The molecule has 0 unspecified atom stereocenters. The van der Waals surface area contributed by atoms with Crippen molar-refractivity contribution in [2.75, 3.05) is 19.8 Å². The van der Waals surface area contributed by atoms with Gasteiger partial charge in [0.05, 0.1) is 6.61 Å². The number of ether oxygens (including phenoxy) is 1. The van der Waals surface area contributed by atoms with Crippen LogP contribution in [0.5, 0.6) is 0 Å². The van der Waals surface area contributed by atoms with Crippen molar-refractivity contribution < 1.29 is 9.53 Å². The third-order valence-corrected chi connectivity index (χ3v) is 2.60. The second kappa shape index (κ2) is 5.63. The highest BCUT2D eigenvalue weighted by Crippen LogP contribution is 2.28. The van der Waals surface area contributed by atoms with Gasteiger partial charge in [0.2, 0.25) is 5.56 Å². The van der Waals surface area contributed by atoms with Crippen molar-refractivity contribution >= 4 is 5.91 Å². The molecule has 0 radical (unpaired) electrons. The lowest BCUT2D eigenvalue weighted by molar-refractivity contribution is 0.0901. The van der Waals surface area contributed by atoms with Crippen molar-refractivity contribution in [1.29, 1.82) is 0 Å². The Bertz CT molecular complexity index is 437. The number of pyridine rings is 1. The Kier molecular flexibility index (Phi) is 3.93. The van der Waals surface area contributed by atoms with Gasteiger partial charge in [-0.05, 0) is 24.8 Å². The van der Waals surface area contributed by atoms with Crippen LogP contribution in [0.3, 0.4) is 0 Å². The minimum Gasteiger partial charge on any atom is -0.379 e. The molecule has 1 aromatic rings. The lowest BCUT2D eigenvalue weighted by atomic mass is 10.3. The lowest BCUT2D eigenvalue weighted by Gasteiger charge is -2.05.